The van der Waals surface area contributed by atoms with Crippen LogP contribution in [0.1, 0.15) is 21.5 Å². The minimum Gasteiger partial charge on any atom is -0.307 e. The summed E-state index contributed by atoms with van der Waals surface area (Å²) in [6, 6.07) is 20.9. The number of benzene rings is 2. The van der Waals surface area contributed by atoms with Crippen molar-refractivity contribution in [1.82, 2.24) is 9.88 Å². The monoisotopic (exact) mass is 365 g/mol. The number of halogens is 1. The van der Waals surface area contributed by atoms with Gasteiger partial charge in [-0.15, -0.1) is 0 Å². The van der Waals surface area contributed by atoms with E-state index in [1.54, 1.807) is 12.3 Å². The van der Waals surface area contributed by atoms with Crippen LogP contribution in [0.15, 0.2) is 72.9 Å². The van der Waals surface area contributed by atoms with Crippen LogP contribution in [-0.4, -0.2) is 22.8 Å². The highest BCUT2D eigenvalue weighted by atomic mass is 35.5. The van der Waals surface area contributed by atoms with Crippen LogP contribution in [0.4, 0.5) is 5.82 Å². The van der Waals surface area contributed by atoms with Crippen LogP contribution in [0.3, 0.4) is 0 Å². The third-order valence-corrected chi connectivity index (χ3v) is 4.34. The van der Waals surface area contributed by atoms with Gasteiger partial charge in [0.25, 0.3) is 5.91 Å². The van der Waals surface area contributed by atoms with Crippen molar-refractivity contribution in [2.45, 2.75) is 13.1 Å². The van der Waals surface area contributed by atoms with Crippen LogP contribution in [0.5, 0.6) is 0 Å². The van der Waals surface area contributed by atoms with E-state index in [9.17, 15) is 4.79 Å². The van der Waals surface area contributed by atoms with E-state index in [1.807, 2.05) is 67.7 Å². The van der Waals surface area contributed by atoms with Gasteiger partial charge in [-0.05, 0) is 48.5 Å². The molecule has 1 aromatic heterocycles. The Morgan fingerprint density at radius 2 is 1.73 bits per heavy atom. The van der Waals surface area contributed by atoms with Gasteiger partial charge in [-0.1, -0.05) is 48.0 Å². The molecule has 3 aromatic rings. The molecule has 4 nitrogen and oxygen atoms in total. The van der Waals surface area contributed by atoms with E-state index in [-0.39, 0.29) is 5.91 Å². The molecule has 0 saturated carbocycles. The van der Waals surface area contributed by atoms with Gasteiger partial charge in [0.05, 0.1) is 0 Å². The molecular formula is C21H20ClN3O. The van der Waals surface area contributed by atoms with E-state index in [1.165, 1.54) is 0 Å². The van der Waals surface area contributed by atoms with Crippen LogP contribution in [0, 0.1) is 0 Å². The van der Waals surface area contributed by atoms with Crippen molar-refractivity contribution >= 4 is 23.3 Å². The van der Waals surface area contributed by atoms with Crippen molar-refractivity contribution in [2.24, 2.45) is 0 Å². The summed E-state index contributed by atoms with van der Waals surface area (Å²) in [4.78, 5) is 18.5. The zero-order valence-corrected chi connectivity index (χ0v) is 15.3. The summed E-state index contributed by atoms with van der Waals surface area (Å²) in [5, 5.41) is 3.56. The van der Waals surface area contributed by atoms with Gasteiger partial charge in [0.2, 0.25) is 0 Å². The first-order valence-corrected chi connectivity index (χ1v) is 8.73. The van der Waals surface area contributed by atoms with Gasteiger partial charge >= 0.3 is 0 Å². The van der Waals surface area contributed by atoms with Gasteiger partial charge in [0, 0.05) is 29.9 Å². The summed E-state index contributed by atoms with van der Waals surface area (Å²) < 4.78 is 0. The van der Waals surface area contributed by atoms with Crippen molar-refractivity contribution in [3.63, 3.8) is 0 Å². The van der Waals surface area contributed by atoms with Crippen LogP contribution >= 0.6 is 11.6 Å². The van der Waals surface area contributed by atoms with E-state index in [0.29, 0.717) is 11.4 Å². The standard InChI is InChI=1S/C21H20ClN3O/c1-25(15-18-6-2-3-7-19(18)22)14-16-9-11-17(12-10-16)21(26)24-20-8-4-5-13-23-20/h2-13H,14-15H2,1H3,(H,23,24,26). The second-order valence-electron chi connectivity index (χ2n) is 6.13. The Bertz CT molecular complexity index is 866. The van der Waals surface area contributed by atoms with Gasteiger partial charge in [-0.25, -0.2) is 4.98 Å². The van der Waals surface area contributed by atoms with Crippen LogP contribution in [0.2, 0.25) is 5.02 Å². The number of aromatic nitrogens is 1. The van der Waals surface area contributed by atoms with Crippen molar-refractivity contribution in [2.75, 3.05) is 12.4 Å². The topological polar surface area (TPSA) is 45.2 Å². The molecule has 132 valence electrons. The minimum atomic E-state index is -0.167. The maximum atomic E-state index is 12.3. The Morgan fingerprint density at radius 3 is 2.42 bits per heavy atom. The Balaban J connectivity index is 1.59. The third-order valence-electron chi connectivity index (χ3n) is 3.97. The summed E-state index contributed by atoms with van der Waals surface area (Å²) in [7, 11) is 2.05. The van der Waals surface area contributed by atoms with E-state index < -0.39 is 0 Å². The highest BCUT2D eigenvalue weighted by molar-refractivity contribution is 6.31. The first kappa shape index (κ1) is 18.1. The summed E-state index contributed by atoms with van der Waals surface area (Å²) >= 11 is 6.22. The number of carbonyl (C=O) groups is 1. The Kier molecular flexibility index (Phi) is 6.00. The molecule has 0 bridgehead atoms. The van der Waals surface area contributed by atoms with E-state index in [2.05, 4.69) is 15.2 Å². The molecule has 0 radical (unpaired) electrons. The maximum Gasteiger partial charge on any atom is 0.256 e. The number of nitrogens with zero attached hydrogens (tertiary/aromatic N) is 2. The smallest absolute Gasteiger partial charge is 0.256 e. The normalized spacial score (nSPS) is 10.7. The Morgan fingerprint density at radius 1 is 1.00 bits per heavy atom. The molecule has 0 fully saturated rings. The largest absolute Gasteiger partial charge is 0.307 e. The molecule has 5 heteroatoms. The van der Waals surface area contributed by atoms with Crippen molar-refractivity contribution in [3.05, 3.63) is 94.6 Å². The summed E-state index contributed by atoms with van der Waals surface area (Å²) in [6.45, 7) is 1.54. The molecule has 0 atom stereocenters. The predicted molar refractivity (Wildman–Crippen MR) is 105 cm³/mol. The van der Waals surface area contributed by atoms with Gasteiger partial charge in [0.1, 0.15) is 5.82 Å². The molecular weight excluding hydrogens is 346 g/mol. The van der Waals surface area contributed by atoms with Crippen molar-refractivity contribution < 1.29 is 4.79 Å². The zero-order chi connectivity index (χ0) is 18.4. The number of hydrogen-bond donors (Lipinski definition) is 1. The predicted octanol–water partition coefficient (Wildman–Crippen LogP) is 4.62. The fraction of sp³-hybridized carbons (Fsp3) is 0.143. The fourth-order valence-electron chi connectivity index (χ4n) is 2.67. The van der Waals surface area contributed by atoms with E-state index >= 15 is 0 Å². The molecule has 3 rings (SSSR count). The van der Waals surface area contributed by atoms with Gasteiger partial charge in [-0.3, -0.25) is 9.69 Å². The molecule has 0 aliphatic rings. The van der Waals surface area contributed by atoms with Crippen molar-refractivity contribution in [1.29, 1.82) is 0 Å². The highest BCUT2D eigenvalue weighted by Crippen LogP contribution is 2.17. The molecule has 1 amide bonds. The second-order valence-corrected chi connectivity index (χ2v) is 6.54. The molecule has 2 aromatic carbocycles. The average Bonchev–Trinajstić information content (AvgIpc) is 2.65. The summed E-state index contributed by atoms with van der Waals surface area (Å²) in [6.07, 6.45) is 1.65. The van der Waals surface area contributed by atoms with Crippen molar-refractivity contribution in [3.8, 4) is 0 Å². The number of pyridine rings is 1. The number of carbonyl (C=O) groups excluding carboxylic acids is 1. The fourth-order valence-corrected chi connectivity index (χ4v) is 2.87. The Labute approximate surface area is 158 Å². The number of amides is 1. The molecule has 0 spiro atoms. The zero-order valence-electron chi connectivity index (χ0n) is 14.5. The lowest BCUT2D eigenvalue weighted by Crippen LogP contribution is -2.18. The van der Waals surface area contributed by atoms with Crippen LogP contribution < -0.4 is 5.32 Å². The molecule has 0 saturated heterocycles. The van der Waals surface area contributed by atoms with Gasteiger partial charge in [0.15, 0.2) is 0 Å². The summed E-state index contributed by atoms with van der Waals surface area (Å²) in [5.41, 5.74) is 2.84. The average molecular weight is 366 g/mol. The molecule has 1 heterocycles. The molecule has 26 heavy (non-hydrogen) atoms. The molecule has 1 N–H and O–H groups in total. The Hall–Kier alpha value is -2.69. The lowest BCUT2D eigenvalue weighted by Gasteiger charge is -2.17. The quantitative estimate of drug-likeness (QED) is 0.693. The lowest BCUT2D eigenvalue weighted by atomic mass is 10.1. The first-order chi connectivity index (χ1) is 12.6. The lowest BCUT2D eigenvalue weighted by molar-refractivity contribution is 0.102. The highest BCUT2D eigenvalue weighted by Gasteiger charge is 2.08. The number of anilines is 1. The third kappa shape index (κ3) is 4.91. The number of rotatable bonds is 6. The van der Waals surface area contributed by atoms with Gasteiger partial charge in [-0.2, -0.15) is 0 Å². The first-order valence-electron chi connectivity index (χ1n) is 8.35. The van der Waals surface area contributed by atoms with Crippen LogP contribution in [-0.2, 0) is 13.1 Å². The second kappa shape index (κ2) is 8.61. The minimum absolute atomic E-state index is 0.167. The molecule has 0 aliphatic carbocycles. The number of nitrogens with one attached hydrogen (secondary N) is 1. The van der Waals surface area contributed by atoms with Gasteiger partial charge < -0.3 is 5.32 Å². The van der Waals surface area contributed by atoms with Crippen LogP contribution in [0.25, 0.3) is 0 Å². The number of hydrogen-bond acceptors (Lipinski definition) is 3. The molecule has 0 unspecified atom stereocenters. The summed E-state index contributed by atoms with van der Waals surface area (Å²) in [5.74, 6) is 0.376. The van der Waals surface area contributed by atoms with E-state index in [4.69, 9.17) is 11.6 Å². The van der Waals surface area contributed by atoms with E-state index in [0.717, 1.165) is 29.2 Å². The molecule has 0 aliphatic heterocycles. The SMILES string of the molecule is CN(Cc1ccc(C(=O)Nc2ccccn2)cc1)Cc1ccccc1Cl. The maximum absolute atomic E-state index is 12.3.